The van der Waals surface area contributed by atoms with Crippen LogP contribution in [0.4, 0.5) is 44.3 Å². The zero-order chi connectivity index (χ0) is 31.1. The lowest BCUT2D eigenvalue weighted by molar-refractivity contribution is -0.308. The Morgan fingerprint density at radius 1 is 1.02 bits per heavy atom. The van der Waals surface area contributed by atoms with Crippen molar-refractivity contribution in [3.8, 4) is 0 Å². The monoisotopic (exact) mass is 638 g/mol. The average molecular weight is 639 g/mol. The Balaban J connectivity index is 1.45. The van der Waals surface area contributed by atoms with Gasteiger partial charge in [-0.15, -0.1) is 0 Å². The zero-order valence-corrected chi connectivity index (χ0v) is 22.7. The molecule has 236 valence electrons. The molecule has 1 aliphatic carbocycles. The van der Waals surface area contributed by atoms with Crippen molar-refractivity contribution in [1.82, 2.24) is 19.5 Å². The highest BCUT2D eigenvalue weighted by atomic mass is 32.2. The third-order valence-electron chi connectivity index (χ3n) is 7.60. The van der Waals surface area contributed by atoms with Gasteiger partial charge in [-0.05, 0) is 43.9 Å². The molecular formula is C24H27F9N4O4S. The minimum Gasteiger partial charge on any atom is -0.593 e. The molecule has 42 heavy (non-hydrogen) atoms. The molecule has 1 spiro atoms. The van der Waals surface area contributed by atoms with Gasteiger partial charge in [-0.3, -0.25) is 9.69 Å². The summed E-state index contributed by atoms with van der Waals surface area (Å²) < 4.78 is 135. The fraction of sp³-hybridized carbons (Fsp3) is 0.708. The Bertz CT molecular complexity index is 1140. The molecule has 1 atom stereocenters. The quantitative estimate of drug-likeness (QED) is 0.345. The number of nitrogens with one attached hydrogen (secondary N) is 1. The number of alkyl halides is 9. The van der Waals surface area contributed by atoms with Crippen LogP contribution in [0.15, 0.2) is 12.1 Å². The first kappa shape index (κ1) is 32.4. The summed E-state index contributed by atoms with van der Waals surface area (Å²) in [6.07, 6.45) is -20.2. The van der Waals surface area contributed by atoms with Crippen molar-refractivity contribution in [2.24, 2.45) is 0 Å². The summed E-state index contributed by atoms with van der Waals surface area (Å²) in [5.74, 6) is -0.757. The molecule has 1 aromatic heterocycles. The van der Waals surface area contributed by atoms with Crippen LogP contribution in [0.1, 0.15) is 55.5 Å². The van der Waals surface area contributed by atoms with E-state index in [1.165, 1.54) is 6.07 Å². The van der Waals surface area contributed by atoms with Gasteiger partial charge in [0.05, 0.1) is 23.5 Å². The van der Waals surface area contributed by atoms with Gasteiger partial charge in [0.1, 0.15) is 10.9 Å². The van der Waals surface area contributed by atoms with E-state index in [1.807, 2.05) is 4.90 Å². The summed E-state index contributed by atoms with van der Waals surface area (Å²) >= 11 is -1.65. The van der Waals surface area contributed by atoms with Gasteiger partial charge in [-0.25, -0.2) is 9.78 Å². The number of piperidine rings is 1. The van der Waals surface area contributed by atoms with Gasteiger partial charge in [0.15, 0.2) is 0 Å². The topological polar surface area (TPSA) is 97.8 Å². The second-order valence-electron chi connectivity index (χ2n) is 10.6. The molecule has 3 aliphatic rings. The van der Waals surface area contributed by atoms with Crippen molar-refractivity contribution in [2.75, 3.05) is 19.6 Å². The number of rotatable bonds is 7. The Morgan fingerprint density at radius 3 is 2.19 bits per heavy atom. The zero-order valence-electron chi connectivity index (χ0n) is 21.9. The van der Waals surface area contributed by atoms with Gasteiger partial charge in [0.2, 0.25) is 0 Å². The molecular weight excluding hydrogens is 611 g/mol. The van der Waals surface area contributed by atoms with E-state index >= 15 is 0 Å². The van der Waals surface area contributed by atoms with Crippen molar-refractivity contribution >= 4 is 23.4 Å². The van der Waals surface area contributed by atoms with E-state index < -0.39 is 65.6 Å². The van der Waals surface area contributed by atoms with E-state index in [4.69, 9.17) is 0 Å². The minimum atomic E-state index is -5.84. The number of aromatic nitrogens is 1. The van der Waals surface area contributed by atoms with Gasteiger partial charge in [0.25, 0.3) is 12.0 Å². The van der Waals surface area contributed by atoms with E-state index in [0.29, 0.717) is 37.8 Å². The van der Waals surface area contributed by atoms with Gasteiger partial charge < -0.3 is 14.2 Å². The van der Waals surface area contributed by atoms with E-state index in [-0.39, 0.29) is 43.4 Å². The molecule has 3 heterocycles. The number of ether oxygens (including phenoxy) is 1. The van der Waals surface area contributed by atoms with E-state index in [9.17, 15) is 53.7 Å². The van der Waals surface area contributed by atoms with Crippen LogP contribution in [0.3, 0.4) is 0 Å². The highest BCUT2D eigenvalue weighted by Crippen LogP contribution is 2.41. The molecule has 4 rings (SSSR count). The van der Waals surface area contributed by atoms with Crippen LogP contribution in [-0.4, -0.2) is 80.2 Å². The number of hydrogen-bond donors (Lipinski definition) is 1. The minimum absolute atomic E-state index is 0.0497. The molecule has 0 aromatic carbocycles. The Hall–Kier alpha value is -2.47. The lowest BCUT2D eigenvalue weighted by atomic mass is 9.84. The van der Waals surface area contributed by atoms with E-state index in [1.54, 1.807) is 0 Å². The third-order valence-corrected chi connectivity index (χ3v) is 9.10. The predicted molar refractivity (Wildman–Crippen MR) is 128 cm³/mol. The number of pyridine rings is 1. The summed E-state index contributed by atoms with van der Waals surface area (Å²) in [4.78, 5) is 31.0. The van der Waals surface area contributed by atoms with Gasteiger partial charge in [-0.1, -0.05) is 6.07 Å². The molecule has 1 saturated carbocycles. The Morgan fingerprint density at radius 2 is 1.64 bits per heavy atom. The SMILES string of the molecule is O=C(Cc1nc(C(F)(F)F)ccc1CN1CCCC12CCN(C(=O)OC(C(F)(F)F)C(F)(F)F)CC2)N[S+]([O-])C1CC1. The highest BCUT2D eigenvalue weighted by Gasteiger charge is 2.60. The molecule has 0 bridgehead atoms. The number of carbonyl (C=O) groups excluding carboxylic acids is 2. The van der Waals surface area contributed by atoms with Gasteiger partial charge in [0, 0.05) is 38.0 Å². The maximum atomic E-state index is 13.4. The standard InChI is InChI=1S/C24H27F9N4O4S/c25-22(26,27)17-5-2-14(16(34-17)12-18(38)35-42(40)15-3-4-15)13-37-9-1-6-21(37)7-10-36(11-8-21)20(39)41-19(23(28,29)30)24(31,32)33/h2,5,15,19H,1,3-4,6-13H2,(H,35,38). The molecule has 2 amide bonds. The molecule has 1 N–H and O–H groups in total. The van der Waals surface area contributed by atoms with Crippen LogP contribution in [0.25, 0.3) is 0 Å². The number of nitrogens with zero attached hydrogens (tertiary/aromatic N) is 3. The van der Waals surface area contributed by atoms with Crippen molar-refractivity contribution in [1.29, 1.82) is 0 Å². The average Bonchev–Trinajstić information content (AvgIpc) is 3.65. The first-order valence-corrected chi connectivity index (χ1v) is 14.2. The van der Waals surface area contributed by atoms with E-state index in [0.717, 1.165) is 11.0 Å². The summed E-state index contributed by atoms with van der Waals surface area (Å²) in [5, 5.41) is -0.191. The van der Waals surface area contributed by atoms with Crippen LogP contribution in [-0.2, 0) is 40.0 Å². The van der Waals surface area contributed by atoms with Crippen LogP contribution in [0, 0.1) is 0 Å². The summed E-state index contributed by atoms with van der Waals surface area (Å²) in [7, 11) is 0. The molecule has 1 unspecified atom stereocenters. The summed E-state index contributed by atoms with van der Waals surface area (Å²) in [6.45, 7) is 0.109. The summed E-state index contributed by atoms with van der Waals surface area (Å²) in [6, 6.07) is 1.97. The van der Waals surface area contributed by atoms with Crippen LogP contribution in [0.5, 0.6) is 0 Å². The molecule has 1 aromatic rings. The molecule has 2 aliphatic heterocycles. The number of amides is 2. The first-order chi connectivity index (χ1) is 19.4. The van der Waals surface area contributed by atoms with Crippen molar-refractivity contribution in [3.63, 3.8) is 0 Å². The van der Waals surface area contributed by atoms with Crippen LogP contribution in [0.2, 0.25) is 0 Å². The largest absolute Gasteiger partial charge is 0.593 e. The van der Waals surface area contributed by atoms with Gasteiger partial charge >= 0.3 is 24.6 Å². The molecule has 3 fully saturated rings. The second-order valence-corrected chi connectivity index (χ2v) is 12.0. The lowest BCUT2D eigenvalue weighted by Crippen LogP contribution is -2.54. The Kier molecular flexibility index (Phi) is 9.19. The second kappa shape index (κ2) is 11.9. The maximum Gasteiger partial charge on any atom is 0.434 e. The first-order valence-electron chi connectivity index (χ1n) is 13.0. The molecule has 18 heteroatoms. The molecule has 0 radical (unpaired) electrons. The molecule has 8 nitrogen and oxygen atoms in total. The molecule has 2 saturated heterocycles. The van der Waals surface area contributed by atoms with Crippen molar-refractivity contribution in [2.45, 2.75) is 86.9 Å². The normalized spacial score (nSPS) is 20.7. The number of halogens is 9. The van der Waals surface area contributed by atoms with Crippen LogP contribution < -0.4 is 4.72 Å². The van der Waals surface area contributed by atoms with Crippen LogP contribution >= 0.6 is 0 Å². The van der Waals surface area contributed by atoms with E-state index in [2.05, 4.69) is 14.4 Å². The summed E-state index contributed by atoms with van der Waals surface area (Å²) in [5.41, 5.74) is -1.71. The predicted octanol–water partition coefficient (Wildman–Crippen LogP) is 4.65. The lowest BCUT2D eigenvalue weighted by Gasteiger charge is -2.45. The number of likely N-dealkylation sites (tertiary alicyclic amines) is 2. The van der Waals surface area contributed by atoms with Gasteiger partial charge in [-0.2, -0.15) is 44.2 Å². The maximum absolute atomic E-state index is 13.4. The number of hydrogen-bond acceptors (Lipinski definition) is 6. The fourth-order valence-corrected chi connectivity index (χ4v) is 6.29. The number of carbonyl (C=O) groups is 2. The highest BCUT2D eigenvalue weighted by molar-refractivity contribution is 7.90. The van der Waals surface area contributed by atoms with Crippen molar-refractivity contribution < 1.29 is 58.4 Å². The fourth-order valence-electron chi connectivity index (χ4n) is 5.26. The third kappa shape index (κ3) is 7.72. The smallest absolute Gasteiger partial charge is 0.434 e. The Labute approximate surface area is 237 Å². The van der Waals surface area contributed by atoms with Crippen molar-refractivity contribution in [3.05, 3.63) is 29.1 Å².